The molecule has 1 aromatic carbocycles. The van der Waals surface area contributed by atoms with Gasteiger partial charge in [-0.05, 0) is 42.9 Å². The third-order valence-electron chi connectivity index (χ3n) is 5.56. The van der Waals surface area contributed by atoms with Crippen molar-refractivity contribution in [1.82, 2.24) is 5.16 Å². The molecule has 5 nitrogen and oxygen atoms in total. The van der Waals surface area contributed by atoms with Crippen LogP contribution in [-0.4, -0.2) is 18.0 Å². The molecule has 5 heteroatoms. The van der Waals surface area contributed by atoms with Gasteiger partial charge in [0.05, 0.1) is 12.8 Å². The fourth-order valence-corrected chi connectivity index (χ4v) is 4.30. The second-order valence-corrected chi connectivity index (χ2v) is 7.55. The van der Waals surface area contributed by atoms with Crippen molar-refractivity contribution in [2.75, 3.05) is 12.4 Å². The van der Waals surface area contributed by atoms with Crippen molar-refractivity contribution < 1.29 is 14.1 Å². The number of anilines is 1. The van der Waals surface area contributed by atoms with Crippen molar-refractivity contribution in [2.24, 2.45) is 5.92 Å². The zero-order valence-corrected chi connectivity index (χ0v) is 15.6. The highest BCUT2D eigenvalue weighted by Crippen LogP contribution is 2.49. The molecule has 1 aliphatic heterocycles. The van der Waals surface area contributed by atoms with Gasteiger partial charge in [-0.1, -0.05) is 31.1 Å². The Morgan fingerprint density at radius 1 is 1.23 bits per heavy atom. The molecular weight excluding hydrogens is 328 g/mol. The second-order valence-electron chi connectivity index (χ2n) is 7.55. The maximum absolute atomic E-state index is 13.1. The van der Waals surface area contributed by atoms with E-state index in [0.29, 0.717) is 18.2 Å². The Labute approximate surface area is 153 Å². The van der Waals surface area contributed by atoms with Crippen LogP contribution in [0.4, 0.5) is 5.88 Å². The number of ketones is 1. The number of ether oxygens (including phenoxy) is 1. The van der Waals surface area contributed by atoms with Crippen LogP contribution in [0.3, 0.4) is 0 Å². The molecular formula is C21H24N2O3. The van der Waals surface area contributed by atoms with Crippen molar-refractivity contribution in [3.05, 3.63) is 52.4 Å². The van der Waals surface area contributed by atoms with Crippen LogP contribution < -0.4 is 10.1 Å². The van der Waals surface area contributed by atoms with Gasteiger partial charge in [-0.3, -0.25) is 4.79 Å². The smallest absolute Gasteiger partial charge is 0.232 e. The maximum atomic E-state index is 13.1. The normalized spacial score (nSPS) is 22.1. The third kappa shape index (κ3) is 2.62. The maximum Gasteiger partial charge on any atom is 0.232 e. The predicted molar refractivity (Wildman–Crippen MR) is 99.4 cm³/mol. The molecule has 2 aromatic rings. The Morgan fingerprint density at radius 2 is 1.96 bits per heavy atom. The van der Waals surface area contributed by atoms with Crippen LogP contribution in [0.2, 0.25) is 0 Å². The van der Waals surface area contributed by atoms with Gasteiger partial charge >= 0.3 is 0 Å². The largest absolute Gasteiger partial charge is 0.497 e. The van der Waals surface area contributed by atoms with Gasteiger partial charge in [-0.15, -0.1) is 0 Å². The van der Waals surface area contributed by atoms with E-state index < -0.39 is 0 Å². The zero-order valence-electron chi connectivity index (χ0n) is 15.6. The van der Waals surface area contributed by atoms with E-state index in [-0.39, 0.29) is 17.6 Å². The van der Waals surface area contributed by atoms with Crippen LogP contribution in [0, 0.1) is 12.8 Å². The summed E-state index contributed by atoms with van der Waals surface area (Å²) in [6, 6.07) is 8.00. The molecule has 0 radical (unpaired) electrons. The molecule has 0 fully saturated rings. The first-order valence-electron chi connectivity index (χ1n) is 9.13. The predicted octanol–water partition coefficient (Wildman–Crippen LogP) is 4.56. The number of methoxy groups -OCH3 is 1. The number of fused-ring (bicyclic) bond motifs is 1. The molecule has 1 aromatic heterocycles. The first-order valence-corrected chi connectivity index (χ1v) is 9.13. The fourth-order valence-electron chi connectivity index (χ4n) is 4.30. The van der Waals surface area contributed by atoms with Crippen LogP contribution in [-0.2, 0) is 4.79 Å². The molecule has 0 saturated carbocycles. The summed E-state index contributed by atoms with van der Waals surface area (Å²) in [5.41, 5.74) is 4.97. The first-order chi connectivity index (χ1) is 12.5. The van der Waals surface area contributed by atoms with E-state index in [1.807, 2.05) is 19.1 Å². The molecule has 1 N–H and O–H groups in total. The van der Waals surface area contributed by atoms with Crippen LogP contribution >= 0.6 is 0 Å². The van der Waals surface area contributed by atoms with Crippen molar-refractivity contribution in [3.63, 3.8) is 0 Å². The lowest BCUT2D eigenvalue weighted by Gasteiger charge is -2.35. The van der Waals surface area contributed by atoms with Gasteiger partial charge in [0.15, 0.2) is 5.78 Å². The van der Waals surface area contributed by atoms with Crippen molar-refractivity contribution in [1.29, 1.82) is 0 Å². The number of Topliss-reactive ketones (excluding diaryl/α,β-unsaturated/α-hetero) is 1. The molecule has 2 unspecified atom stereocenters. The highest BCUT2D eigenvalue weighted by molar-refractivity contribution is 6.00. The summed E-state index contributed by atoms with van der Waals surface area (Å²) in [5, 5.41) is 7.48. The van der Waals surface area contributed by atoms with E-state index in [9.17, 15) is 4.79 Å². The highest BCUT2D eigenvalue weighted by atomic mass is 16.5. The fraction of sp³-hybridized carbons (Fsp3) is 0.429. The van der Waals surface area contributed by atoms with Gasteiger partial charge in [-0.2, -0.15) is 0 Å². The van der Waals surface area contributed by atoms with Gasteiger partial charge in [0.2, 0.25) is 5.88 Å². The number of benzene rings is 1. The lowest BCUT2D eigenvalue weighted by molar-refractivity contribution is -0.116. The van der Waals surface area contributed by atoms with Gasteiger partial charge < -0.3 is 14.6 Å². The van der Waals surface area contributed by atoms with Crippen LogP contribution in [0.5, 0.6) is 5.75 Å². The summed E-state index contributed by atoms with van der Waals surface area (Å²) in [4.78, 5) is 13.1. The lowest BCUT2D eigenvalue weighted by Crippen LogP contribution is -2.31. The van der Waals surface area contributed by atoms with Gasteiger partial charge in [0.25, 0.3) is 0 Å². The van der Waals surface area contributed by atoms with Gasteiger partial charge in [-0.25, -0.2) is 0 Å². The Morgan fingerprint density at radius 3 is 2.62 bits per heavy atom. The van der Waals surface area contributed by atoms with E-state index in [4.69, 9.17) is 9.26 Å². The summed E-state index contributed by atoms with van der Waals surface area (Å²) in [6.07, 6.45) is 1.34. The van der Waals surface area contributed by atoms with E-state index in [1.54, 1.807) is 7.11 Å². The van der Waals surface area contributed by atoms with Crippen molar-refractivity contribution in [3.8, 4) is 5.75 Å². The number of carbonyl (C=O) groups is 1. The minimum absolute atomic E-state index is 0.0526. The number of nitrogens with zero attached hydrogens (tertiary/aromatic N) is 1. The lowest BCUT2D eigenvalue weighted by atomic mass is 9.71. The molecule has 1 aliphatic carbocycles. The minimum atomic E-state index is 0.0526. The quantitative estimate of drug-likeness (QED) is 0.877. The summed E-state index contributed by atoms with van der Waals surface area (Å²) >= 11 is 0. The SMILES string of the molecule is COc1ccc(C2CC(=O)C3=C(C2)Nc2onc(C)c2C3C(C)C)cc1. The second kappa shape index (κ2) is 6.31. The number of nitrogens with one attached hydrogen (secondary N) is 1. The summed E-state index contributed by atoms with van der Waals surface area (Å²) in [6.45, 7) is 6.25. The van der Waals surface area contributed by atoms with E-state index in [0.717, 1.165) is 40.3 Å². The Bertz CT molecular complexity index is 877. The molecule has 136 valence electrons. The van der Waals surface area contributed by atoms with Crippen molar-refractivity contribution in [2.45, 2.75) is 45.4 Å². The molecule has 2 heterocycles. The molecule has 0 spiro atoms. The Kier molecular flexibility index (Phi) is 4.10. The molecule has 26 heavy (non-hydrogen) atoms. The first kappa shape index (κ1) is 16.9. The van der Waals surface area contributed by atoms with E-state index in [1.165, 1.54) is 0 Å². The number of hydrogen-bond donors (Lipinski definition) is 1. The third-order valence-corrected chi connectivity index (χ3v) is 5.56. The van der Waals surface area contributed by atoms with E-state index >= 15 is 0 Å². The number of carbonyl (C=O) groups excluding carboxylic acids is 1. The molecule has 2 atom stereocenters. The van der Waals surface area contributed by atoms with Crippen LogP contribution in [0.1, 0.15) is 55.3 Å². The standard InChI is InChI=1S/C21H24N2O3/c1-11(2)18-19-12(3)23-26-21(19)22-16-9-14(10-17(24)20(16)18)13-5-7-15(25-4)8-6-13/h5-8,11,14,18,22H,9-10H2,1-4H3. The zero-order chi connectivity index (χ0) is 18.4. The number of aromatic nitrogens is 1. The molecule has 4 rings (SSSR count). The number of hydrogen-bond acceptors (Lipinski definition) is 5. The van der Waals surface area contributed by atoms with Crippen molar-refractivity contribution >= 4 is 11.7 Å². The summed E-state index contributed by atoms with van der Waals surface area (Å²) in [7, 11) is 1.66. The van der Waals surface area contributed by atoms with Crippen LogP contribution in [0.15, 0.2) is 40.1 Å². The monoisotopic (exact) mass is 352 g/mol. The van der Waals surface area contributed by atoms with E-state index in [2.05, 4.69) is 36.5 Å². The molecule has 0 saturated heterocycles. The molecule has 0 bridgehead atoms. The van der Waals surface area contributed by atoms with Crippen LogP contribution in [0.25, 0.3) is 0 Å². The molecule has 2 aliphatic rings. The average Bonchev–Trinajstić information content (AvgIpc) is 3.00. The topological polar surface area (TPSA) is 64.4 Å². The Balaban J connectivity index is 1.71. The highest BCUT2D eigenvalue weighted by Gasteiger charge is 2.41. The number of rotatable bonds is 3. The van der Waals surface area contributed by atoms with Gasteiger partial charge in [0, 0.05) is 29.2 Å². The Hall–Kier alpha value is -2.56. The average molecular weight is 352 g/mol. The number of aryl methyl sites for hydroxylation is 1. The minimum Gasteiger partial charge on any atom is -0.497 e. The summed E-state index contributed by atoms with van der Waals surface area (Å²) < 4.78 is 10.7. The molecule has 0 amide bonds. The number of allylic oxidation sites excluding steroid dienone is 2. The van der Waals surface area contributed by atoms with Gasteiger partial charge in [0.1, 0.15) is 5.75 Å². The summed E-state index contributed by atoms with van der Waals surface area (Å²) in [5.74, 6) is 2.27.